The number of hydrogen-bond acceptors (Lipinski definition) is 3. The first-order valence-electron chi connectivity index (χ1n) is 8.14. The largest absolute Gasteiger partial charge is 0.350 e. The fourth-order valence-corrected chi connectivity index (χ4v) is 3.06. The van der Waals surface area contributed by atoms with Gasteiger partial charge in [-0.2, -0.15) is 0 Å². The number of carbonyl (C=O) groups excluding carboxylic acids is 2. The van der Waals surface area contributed by atoms with Gasteiger partial charge in [0.05, 0.1) is 5.56 Å². The number of pyridine rings is 1. The first-order valence-corrected chi connectivity index (χ1v) is 8.14. The lowest BCUT2D eigenvalue weighted by Gasteiger charge is -2.30. The molecule has 2 amide bonds. The average molecular weight is 303 g/mol. The van der Waals surface area contributed by atoms with Gasteiger partial charge >= 0.3 is 0 Å². The van der Waals surface area contributed by atoms with Crippen molar-refractivity contribution in [3.63, 3.8) is 0 Å². The van der Waals surface area contributed by atoms with Crippen molar-refractivity contribution in [3.05, 3.63) is 30.1 Å². The van der Waals surface area contributed by atoms with E-state index >= 15 is 0 Å². The maximum atomic E-state index is 12.0. The summed E-state index contributed by atoms with van der Waals surface area (Å²) in [5.74, 6) is -0.0417. The van der Waals surface area contributed by atoms with Crippen molar-refractivity contribution in [2.45, 2.75) is 51.5 Å². The monoisotopic (exact) mass is 303 g/mol. The molecule has 0 unspecified atom stereocenters. The molecule has 1 saturated carbocycles. The van der Waals surface area contributed by atoms with E-state index in [-0.39, 0.29) is 11.8 Å². The van der Waals surface area contributed by atoms with Gasteiger partial charge in [-0.25, -0.2) is 0 Å². The molecule has 1 heterocycles. The Labute approximate surface area is 132 Å². The third-order valence-corrected chi connectivity index (χ3v) is 4.23. The second kappa shape index (κ2) is 8.51. The summed E-state index contributed by atoms with van der Waals surface area (Å²) in [6.07, 6.45) is 10.3. The fraction of sp³-hybridized carbons (Fsp3) is 0.588. The number of amides is 2. The Morgan fingerprint density at radius 3 is 2.59 bits per heavy atom. The van der Waals surface area contributed by atoms with Crippen LogP contribution in [0.2, 0.25) is 0 Å². The van der Waals surface area contributed by atoms with E-state index in [4.69, 9.17) is 0 Å². The van der Waals surface area contributed by atoms with Crippen LogP contribution >= 0.6 is 0 Å². The zero-order valence-electron chi connectivity index (χ0n) is 13.3. The predicted octanol–water partition coefficient (Wildman–Crippen LogP) is 2.38. The third-order valence-electron chi connectivity index (χ3n) is 4.23. The Morgan fingerprint density at radius 1 is 1.27 bits per heavy atom. The summed E-state index contributed by atoms with van der Waals surface area (Å²) in [7, 11) is 0. The molecule has 1 N–H and O–H groups in total. The van der Waals surface area contributed by atoms with E-state index < -0.39 is 0 Å². The summed E-state index contributed by atoms with van der Waals surface area (Å²) in [6, 6.07) is 3.80. The van der Waals surface area contributed by atoms with Crippen molar-refractivity contribution in [2.24, 2.45) is 0 Å². The van der Waals surface area contributed by atoms with Crippen LogP contribution in [0.5, 0.6) is 0 Å². The fourth-order valence-electron chi connectivity index (χ4n) is 3.06. The quantitative estimate of drug-likeness (QED) is 0.850. The highest BCUT2D eigenvalue weighted by molar-refractivity contribution is 5.93. The summed E-state index contributed by atoms with van der Waals surface area (Å²) in [6.45, 7) is 2.67. The second-order valence-corrected chi connectivity index (χ2v) is 5.86. The van der Waals surface area contributed by atoms with Gasteiger partial charge in [-0.3, -0.25) is 14.6 Å². The van der Waals surface area contributed by atoms with Gasteiger partial charge in [0.1, 0.15) is 0 Å². The molecule has 0 spiro atoms. The number of hydrogen-bond donors (Lipinski definition) is 1. The first-order chi connectivity index (χ1) is 10.7. The molecule has 2 rings (SSSR count). The molecular weight excluding hydrogens is 278 g/mol. The van der Waals surface area contributed by atoms with Gasteiger partial charge in [0, 0.05) is 38.4 Å². The molecule has 120 valence electrons. The van der Waals surface area contributed by atoms with E-state index in [9.17, 15) is 9.59 Å². The Bertz CT molecular complexity index is 482. The molecule has 1 aliphatic rings. The van der Waals surface area contributed by atoms with Gasteiger partial charge in [0.15, 0.2) is 0 Å². The molecule has 22 heavy (non-hydrogen) atoms. The minimum Gasteiger partial charge on any atom is -0.350 e. The third kappa shape index (κ3) is 4.83. The maximum Gasteiger partial charge on any atom is 0.252 e. The highest BCUT2D eigenvalue weighted by Gasteiger charge is 2.22. The average Bonchev–Trinajstić information content (AvgIpc) is 2.81. The molecule has 1 aromatic rings. The minimum absolute atomic E-state index is 0.0996. The van der Waals surface area contributed by atoms with Crippen molar-refractivity contribution in [3.8, 4) is 0 Å². The lowest BCUT2D eigenvalue weighted by Crippen LogP contribution is -2.43. The maximum absolute atomic E-state index is 12.0. The molecule has 0 aliphatic heterocycles. The summed E-state index contributed by atoms with van der Waals surface area (Å²) < 4.78 is 0. The van der Waals surface area contributed by atoms with Crippen LogP contribution in [0.15, 0.2) is 24.5 Å². The summed E-state index contributed by atoms with van der Waals surface area (Å²) in [4.78, 5) is 29.7. The molecule has 0 bridgehead atoms. The molecule has 0 radical (unpaired) electrons. The van der Waals surface area contributed by atoms with Crippen LogP contribution < -0.4 is 5.32 Å². The summed E-state index contributed by atoms with van der Waals surface area (Å²) in [5.41, 5.74) is 0.548. The van der Waals surface area contributed by atoms with E-state index in [1.807, 2.05) is 4.90 Å². The molecule has 0 atom stereocenters. The highest BCUT2D eigenvalue weighted by Crippen LogP contribution is 2.21. The molecule has 1 fully saturated rings. The van der Waals surface area contributed by atoms with Gasteiger partial charge < -0.3 is 10.2 Å². The van der Waals surface area contributed by atoms with Crippen molar-refractivity contribution in [1.82, 2.24) is 15.2 Å². The van der Waals surface area contributed by atoms with Crippen LogP contribution in [0.1, 0.15) is 55.8 Å². The molecule has 5 heteroatoms. The van der Waals surface area contributed by atoms with Crippen molar-refractivity contribution in [1.29, 1.82) is 0 Å². The number of nitrogens with one attached hydrogen (secondary N) is 1. The normalized spacial score (nSPS) is 15.9. The van der Waals surface area contributed by atoms with Crippen LogP contribution in [0, 0.1) is 0 Å². The lowest BCUT2D eigenvalue weighted by atomic mass is 10.1. The lowest BCUT2D eigenvalue weighted by molar-refractivity contribution is -0.131. The standard InChI is InChI=1S/C17H25N3O2/c1-14(21)20(16-8-4-2-3-5-9-16)12-11-19-17(22)15-7-6-10-18-13-15/h6-7,10,13,16H,2-5,8-9,11-12H2,1H3,(H,19,22). The van der Waals surface area contributed by atoms with Crippen LogP contribution in [-0.4, -0.2) is 40.8 Å². The van der Waals surface area contributed by atoms with E-state index in [0.717, 1.165) is 12.8 Å². The Balaban J connectivity index is 1.84. The van der Waals surface area contributed by atoms with E-state index in [0.29, 0.717) is 24.7 Å². The van der Waals surface area contributed by atoms with E-state index in [2.05, 4.69) is 10.3 Å². The van der Waals surface area contributed by atoms with Gasteiger partial charge in [-0.05, 0) is 25.0 Å². The molecule has 1 aromatic heterocycles. The second-order valence-electron chi connectivity index (χ2n) is 5.86. The number of rotatable bonds is 5. The minimum atomic E-state index is -0.141. The van der Waals surface area contributed by atoms with Crippen molar-refractivity contribution >= 4 is 11.8 Å². The number of nitrogens with zero attached hydrogens (tertiary/aromatic N) is 2. The molecule has 1 aliphatic carbocycles. The number of carbonyl (C=O) groups is 2. The van der Waals surface area contributed by atoms with Crippen molar-refractivity contribution < 1.29 is 9.59 Å². The Kier molecular flexibility index (Phi) is 6.37. The highest BCUT2D eigenvalue weighted by atomic mass is 16.2. The smallest absolute Gasteiger partial charge is 0.252 e. The zero-order chi connectivity index (χ0) is 15.8. The molecule has 0 saturated heterocycles. The zero-order valence-corrected chi connectivity index (χ0v) is 13.3. The van der Waals surface area contributed by atoms with Gasteiger partial charge in [-0.15, -0.1) is 0 Å². The van der Waals surface area contributed by atoms with Crippen LogP contribution in [-0.2, 0) is 4.79 Å². The Hall–Kier alpha value is -1.91. The van der Waals surface area contributed by atoms with Gasteiger partial charge in [0.2, 0.25) is 5.91 Å². The van der Waals surface area contributed by atoms with E-state index in [1.165, 1.54) is 25.7 Å². The summed E-state index contributed by atoms with van der Waals surface area (Å²) >= 11 is 0. The van der Waals surface area contributed by atoms with Crippen LogP contribution in [0.25, 0.3) is 0 Å². The van der Waals surface area contributed by atoms with Gasteiger partial charge in [-0.1, -0.05) is 25.7 Å². The topological polar surface area (TPSA) is 62.3 Å². The van der Waals surface area contributed by atoms with Crippen molar-refractivity contribution in [2.75, 3.05) is 13.1 Å². The first kappa shape index (κ1) is 16.5. The van der Waals surface area contributed by atoms with Crippen LogP contribution in [0.4, 0.5) is 0 Å². The molecule has 5 nitrogen and oxygen atoms in total. The molecule has 0 aromatic carbocycles. The molecular formula is C17H25N3O2. The van der Waals surface area contributed by atoms with E-state index in [1.54, 1.807) is 31.5 Å². The SMILES string of the molecule is CC(=O)N(CCNC(=O)c1cccnc1)C1CCCCCC1. The Morgan fingerprint density at radius 2 is 2.00 bits per heavy atom. The van der Waals surface area contributed by atoms with Gasteiger partial charge in [0.25, 0.3) is 5.91 Å². The number of aromatic nitrogens is 1. The summed E-state index contributed by atoms with van der Waals surface area (Å²) in [5, 5.41) is 2.87. The van der Waals surface area contributed by atoms with Crippen LogP contribution in [0.3, 0.4) is 0 Å². The predicted molar refractivity (Wildman–Crippen MR) is 85.4 cm³/mol.